The third-order valence-corrected chi connectivity index (χ3v) is 9.20. The smallest absolute Gasteiger partial charge is 0.238 e. The van der Waals surface area contributed by atoms with Crippen molar-refractivity contribution in [2.24, 2.45) is 5.92 Å². The Labute approximate surface area is 247 Å². The number of ketones is 2. The molecule has 1 amide bonds. The van der Waals surface area contributed by atoms with Gasteiger partial charge >= 0.3 is 0 Å². The fraction of sp³-hybridized carbons (Fsp3) is 0.147. The first-order chi connectivity index (χ1) is 19.8. The van der Waals surface area contributed by atoms with Gasteiger partial charge in [0.05, 0.1) is 12.0 Å². The average molecular weight is 579 g/mol. The Morgan fingerprint density at radius 3 is 2.05 bits per heavy atom. The number of rotatable bonds is 4. The van der Waals surface area contributed by atoms with Gasteiger partial charge in [0.2, 0.25) is 5.91 Å². The Morgan fingerprint density at radius 2 is 1.37 bits per heavy atom. The molecule has 0 radical (unpaired) electrons. The summed E-state index contributed by atoms with van der Waals surface area (Å²) in [4.78, 5) is 45.8. The van der Waals surface area contributed by atoms with Crippen LogP contribution in [0.15, 0.2) is 103 Å². The van der Waals surface area contributed by atoms with Gasteiger partial charge < -0.3 is 10.2 Å². The Hall–Kier alpha value is -4.19. The summed E-state index contributed by atoms with van der Waals surface area (Å²) < 4.78 is 0. The molecule has 1 spiro atoms. The molecule has 4 aromatic rings. The molecule has 1 N–H and O–H groups in total. The van der Waals surface area contributed by atoms with Crippen LogP contribution in [-0.2, 0) is 10.2 Å². The Kier molecular flexibility index (Phi) is 5.93. The lowest BCUT2D eigenvalue weighted by molar-refractivity contribution is -0.121. The van der Waals surface area contributed by atoms with Crippen molar-refractivity contribution < 1.29 is 14.4 Å². The van der Waals surface area contributed by atoms with Gasteiger partial charge in [-0.05, 0) is 78.7 Å². The SMILES string of the molecule is CC1=C[C@H]2N(c3ccccc31)[C@H](C(=O)c1ccc(Cl)cc1)[C@@H](C(=O)c1ccc(Cl)cc1)[C@]21C(=O)Nc2ccccc21. The van der Waals surface area contributed by atoms with E-state index in [1.54, 1.807) is 48.5 Å². The number of hydrogen-bond acceptors (Lipinski definition) is 4. The first-order valence-corrected chi connectivity index (χ1v) is 14.1. The molecule has 1 saturated heterocycles. The first-order valence-electron chi connectivity index (χ1n) is 13.4. The number of carbonyl (C=O) groups excluding carboxylic acids is 3. The number of hydrogen-bond donors (Lipinski definition) is 1. The summed E-state index contributed by atoms with van der Waals surface area (Å²) in [5.74, 6) is -1.89. The van der Waals surface area contributed by atoms with Gasteiger partial charge in [-0.1, -0.05) is 65.7 Å². The molecule has 41 heavy (non-hydrogen) atoms. The zero-order chi connectivity index (χ0) is 28.5. The number of Topliss-reactive ketones (excluding diaryl/α,β-unsaturated/α-hetero) is 2. The summed E-state index contributed by atoms with van der Waals surface area (Å²) >= 11 is 12.3. The van der Waals surface area contributed by atoms with Gasteiger partial charge in [-0.15, -0.1) is 0 Å². The number of fused-ring (bicyclic) bond motifs is 6. The lowest BCUT2D eigenvalue weighted by Crippen LogP contribution is -2.51. The third-order valence-electron chi connectivity index (χ3n) is 8.69. The van der Waals surface area contributed by atoms with Crippen molar-refractivity contribution in [2.45, 2.75) is 24.4 Å². The van der Waals surface area contributed by atoms with Crippen molar-refractivity contribution in [1.29, 1.82) is 0 Å². The van der Waals surface area contributed by atoms with E-state index >= 15 is 0 Å². The molecule has 0 bridgehead atoms. The largest absolute Gasteiger partial charge is 0.352 e. The molecular formula is C34H24Cl2N2O3. The van der Waals surface area contributed by atoms with Crippen molar-refractivity contribution in [3.8, 4) is 0 Å². The highest BCUT2D eigenvalue weighted by molar-refractivity contribution is 6.31. The molecule has 5 nitrogen and oxygen atoms in total. The molecule has 4 aromatic carbocycles. The fourth-order valence-corrected chi connectivity index (χ4v) is 7.22. The van der Waals surface area contributed by atoms with Crippen LogP contribution < -0.4 is 10.2 Å². The van der Waals surface area contributed by atoms with Crippen molar-refractivity contribution in [3.05, 3.63) is 135 Å². The second kappa shape index (κ2) is 9.44. The fourth-order valence-electron chi connectivity index (χ4n) is 6.97. The number of carbonyl (C=O) groups is 3. The second-order valence-electron chi connectivity index (χ2n) is 10.8. The zero-order valence-corrected chi connectivity index (χ0v) is 23.5. The lowest BCUT2D eigenvalue weighted by Gasteiger charge is -2.39. The summed E-state index contributed by atoms with van der Waals surface area (Å²) in [6.45, 7) is 2.01. The van der Waals surface area contributed by atoms with Crippen LogP contribution >= 0.6 is 23.2 Å². The number of anilines is 2. The second-order valence-corrected chi connectivity index (χ2v) is 11.6. The molecule has 0 aliphatic carbocycles. The van der Waals surface area contributed by atoms with Crippen LogP contribution in [0, 0.1) is 5.92 Å². The van der Waals surface area contributed by atoms with Crippen molar-refractivity contribution >= 4 is 57.6 Å². The minimum atomic E-state index is -1.37. The summed E-state index contributed by atoms with van der Waals surface area (Å²) in [6.07, 6.45) is 2.04. The maximum absolute atomic E-state index is 14.8. The first kappa shape index (κ1) is 25.8. The molecule has 3 aliphatic heterocycles. The number of allylic oxidation sites excluding steroid dienone is 1. The highest BCUT2D eigenvalue weighted by atomic mass is 35.5. The molecule has 3 aliphatic rings. The monoisotopic (exact) mass is 578 g/mol. The van der Waals surface area contributed by atoms with Crippen LogP contribution in [0.3, 0.4) is 0 Å². The third kappa shape index (κ3) is 3.66. The standard InChI is InChI=1S/C34H24Cl2N2O3/c1-19-18-28-34(25-7-3-4-8-26(25)37-33(34)41)29(31(39)20-10-14-22(35)15-11-20)30(32(40)21-12-16-23(36)17-13-21)38(28)27-9-5-2-6-24(19)27/h2-18,28-30H,1H3,(H,37,41)/t28-,29+,30+,34-/m1/s1. The lowest BCUT2D eigenvalue weighted by atomic mass is 9.64. The van der Waals surface area contributed by atoms with Gasteiger partial charge in [0.1, 0.15) is 11.5 Å². The number of nitrogens with zero attached hydrogens (tertiary/aromatic N) is 1. The maximum atomic E-state index is 14.8. The predicted molar refractivity (Wildman–Crippen MR) is 162 cm³/mol. The van der Waals surface area contributed by atoms with Crippen LogP contribution in [0.25, 0.3) is 5.57 Å². The summed E-state index contributed by atoms with van der Waals surface area (Å²) in [5.41, 5.74) is 3.55. The topological polar surface area (TPSA) is 66.5 Å². The number of nitrogens with one attached hydrogen (secondary N) is 1. The molecule has 3 heterocycles. The number of para-hydroxylation sites is 2. The van der Waals surface area contributed by atoms with E-state index < -0.39 is 23.4 Å². The van der Waals surface area contributed by atoms with Crippen LogP contribution in [0.1, 0.15) is 38.8 Å². The highest BCUT2D eigenvalue weighted by Gasteiger charge is 2.70. The molecule has 202 valence electrons. The van der Waals surface area contributed by atoms with E-state index in [4.69, 9.17) is 23.2 Å². The Balaban J connectivity index is 1.55. The van der Waals surface area contributed by atoms with Crippen LogP contribution in [0.2, 0.25) is 10.0 Å². The number of benzene rings is 4. The minimum Gasteiger partial charge on any atom is -0.352 e. The van der Waals surface area contributed by atoms with E-state index in [-0.39, 0.29) is 17.5 Å². The molecule has 7 heteroatoms. The van der Waals surface area contributed by atoms with Crippen molar-refractivity contribution in [3.63, 3.8) is 0 Å². The zero-order valence-electron chi connectivity index (χ0n) is 22.0. The normalized spacial score (nSPS) is 23.9. The molecule has 7 rings (SSSR count). The van der Waals surface area contributed by atoms with Gasteiger partial charge in [0.15, 0.2) is 11.6 Å². The molecular weight excluding hydrogens is 555 g/mol. The van der Waals surface area contributed by atoms with Crippen LogP contribution in [0.5, 0.6) is 0 Å². The maximum Gasteiger partial charge on any atom is 0.238 e. The average Bonchev–Trinajstić information content (AvgIpc) is 3.45. The summed E-state index contributed by atoms with van der Waals surface area (Å²) in [7, 11) is 0. The molecule has 0 saturated carbocycles. The molecule has 1 fully saturated rings. The van der Waals surface area contributed by atoms with E-state index in [9.17, 15) is 14.4 Å². The van der Waals surface area contributed by atoms with Crippen molar-refractivity contribution in [1.82, 2.24) is 0 Å². The summed E-state index contributed by atoms with van der Waals surface area (Å²) in [6, 6.07) is 27.0. The quantitative estimate of drug-likeness (QED) is 0.259. The molecule has 4 atom stereocenters. The van der Waals surface area contributed by atoms with E-state index in [1.165, 1.54) is 0 Å². The highest BCUT2D eigenvalue weighted by Crippen LogP contribution is 2.58. The number of amides is 1. The van der Waals surface area contributed by atoms with E-state index in [0.717, 1.165) is 16.8 Å². The van der Waals surface area contributed by atoms with Gasteiger partial charge in [0.25, 0.3) is 0 Å². The Morgan fingerprint density at radius 1 is 0.780 bits per heavy atom. The van der Waals surface area contributed by atoms with Gasteiger partial charge in [-0.3, -0.25) is 14.4 Å². The van der Waals surface area contributed by atoms with Gasteiger partial charge in [-0.25, -0.2) is 0 Å². The molecule has 0 aromatic heterocycles. The van der Waals surface area contributed by atoms with E-state index in [1.807, 2.05) is 66.4 Å². The number of halogens is 2. The molecule has 0 unspecified atom stereocenters. The Bertz CT molecular complexity index is 1780. The van der Waals surface area contributed by atoms with E-state index in [0.29, 0.717) is 32.4 Å². The van der Waals surface area contributed by atoms with Gasteiger partial charge in [-0.2, -0.15) is 0 Å². The van der Waals surface area contributed by atoms with Crippen LogP contribution in [-0.4, -0.2) is 29.6 Å². The predicted octanol–water partition coefficient (Wildman–Crippen LogP) is 7.24. The summed E-state index contributed by atoms with van der Waals surface area (Å²) in [5, 5.41) is 4.05. The van der Waals surface area contributed by atoms with Gasteiger partial charge in [0, 0.05) is 38.1 Å². The minimum absolute atomic E-state index is 0.254. The van der Waals surface area contributed by atoms with E-state index in [2.05, 4.69) is 5.32 Å². The van der Waals surface area contributed by atoms with Crippen LogP contribution in [0.4, 0.5) is 11.4 Å². The van der Waals surface area contributed by atoms with Crippen molar-refractivity contribution in [2.75, 3.05) is 10.2 Å².